The average molecular weight is 228 g/mol. The van der Waals surface area contributed by atoms with Gasteiger partial charge in [0.25, 0.3) is 0 Å². The Hall–Kier alpha value is -1.10. The molecule has 0 radical (unpaired) electrons. The maximum absolute atomic E-state index is 11.8. The van der Waals surface area contributed by atoms with Crippen molar-refractivity contribution in [3.05, 3.63) is 0 Å². The van der Waals surface area contributed by atoms with Crippen LogP contribution in [0.15, 0.2) is 0 Å². The number of amides is 1. The summed E-state index contributed by atoms with van der Waals surface area (Å²) in [5.41, 5.74) is 5.47. The van der Waals surface area contributed by atoms with Crippen LogP contribution in [-0.4, -0.2) is 41.0 Å². The van der Waals surface area contributed by atoms with E-state index in [-0.39, 0.29) is 18.5 Å². The van der Waals surface area contributed by atoms with Crippen LogP contribution in [0.25, 0.3) is 0 Å². The minimum atomic E-state index is -0.938. The molecule has 0 aromatic heterocycles. The molecule has 0 aliphatic heterocycles. The highest BCUT2D eigenvalue weighted by Gasteiger charge is 2.33. The van der Waals surface area contributed by atoms with Gasteiger partial charge in [-0.1, -0.05) is 6.92 Å². The van der Waals surface area contributed by atoms with Crippen LogP contribution >= 0.6 is 0 Å². The van der Waals surface area contributed by atoms with Crippen LogP contribution in [0.2, 0.25) is 0 Å². The number of carboxylic acid groups (broad SMARTS) is 1. The zero-order valence-corrected chi connectivity index (χ0v) is 9.69. The number of rotatable bonds is 7. The third-order valence-corrected chi connectivity index (χ3v) is 2.87. The Morgan fingerprint density at radius 2 is 2.12 bits per heavy atom. The van der Waals surface area contributed by atoms with Crippen molar-refractivity contribution in [1.82, 2.24) is 4.90 Å². The summed E-state index contributed by atoms with van der Waals surface area (Å²) in [5.74, 6) is -0.674. The normalized spacial score (nSPS) is 16.9. The van der Waals surface area contributed by atoms with Crippen molar-refractivity contribution in [1.29, 1.82) is 0 Å². The molecule has 1 atom stereocenters. The number of carboxylic acids is 1. The molecule has 1 amide bonds. The van der Waals surface area contributed by atoms with Crippen molar-refractivity contribution in [2.24, 2.45) is 11.7 Å². The monoisotopic (exact) mass is 228 g/mol. The topological polar surface area (TPSA) is 83.6 Å². The van der Waals surface area contributed by atoms with Crippen molar-refractivity contribution in [3.63, 3.8) is 0 Å². The number of hydrogen-bond acceptors (Lipinski definition) is 3. The first kappa shape index (κ1) is 13.0. The molecule has 1 fully saturated rings. The van der Waals surface area contributed by atoms with E-state index in [9.17, 15) is 9.59 Å². The summed E-state index contributed by atoms with van der Waals surface area (Å²) in [6, 6.07) is 0.164. The van der Waals surface area contributed by atoms with Crippen LogP contribution in [-0.2, 0) is 9.59 Å². The SMILES string of the molecule is CC(CN)CCC(=O)N(CC(=O)O)C1CC1. The van der Waals surface area contributed by atoms with Gasteiger partial charge in [0.1, 0.15) is 6.54 Å². The molecule has 1 rings (SSSR count). The lowest BCUT2D eigenvalue weighted by Crippen LogP contribution is -2.37. The molecule has 92 valence electrons. The smallest absolute Gasteiger partial charge is 0.323 e. The minimum absolute atomic E-state index is 0.0507. The lowest BCUT2D eigenvalue weighted by atomic mass is 10.1. The molecular formula is C11H20N2O3. The maximum Gasteiger partial charge on any atom is 0.323 e. The summed E-state index contributed by atoms with van der Waals surface area (Å²) in [7, 11) is 0. The predicted octanol–water partition coefficient (Wildman–Crippen LogP) is 0.437. The van der Waals surface area contributed by atoms with Gasteiger partial charge in [-0.25, -0.2) is 0 Å². The Morgan fingerprint density at radius 3 is 2.56 bits per heavy atom. The third kappa shape index (κ3) is 4.18. The number of carbonyl (C=O) groups excluding carboxylic acids is 1. The molecule has 1 unspecified atom stereocenters. The molecular weight excluding hydrogens is 208 g/mol. The lowest BCUT2D eigenvalue weighted by Gasteiger charge is -2.20. The first-order valence-corrected chi connectivity index (χ1v) is 5.76. The quantitative estimate of drug-likeness (QED) is 0.662. The number of nitrogens with zero attached hydrogens (tertiary/aromatic N) is 1. The van der Waals surface area contributed by atoms with Crippen LogP contribution < -0.4 is 5.73 Å². The van der Waals surface area contributed by atoms with E-state index in [1.54, 1.807) is 0 Å². The van der Waals surface area contributed by atoms with Gasteiger partial charge in [0, 0.05) is 12.5 Å². The van der Waals surface area contributed by atoms with Gasteiger partial charge in [-0.05, 0) is 31.7 Å². The number of aliphatic carboxylic acids is 1. The molecule has 5 nitrogen and oxygen atoms in total. The van der Waals surface area contributed by atoms with E-state index in [2.05, 4.69) is 0 Å². The Bertz CT molecular complexity index is 264. The first-order chi connectivity index (χ1) is 7.54. The molecule has 1 aliphatic carbocycles. The third-order valence-electron chi connectivity index (χ3n) is 2.87. The van der Waals surface area contributed by atoms with Gasteiger partial charge in [-0.15, -0.1) is 0 Å². The van der Waals surface area contributed by atoms with E-state index in [4.69, 9.17) is 10.8 Å². The highest BCUT2D eigenvalue weighted by Crippen LogP contribution is 2.27. The standard InChI is InChI=1S/C11H20N2O3/c1-8(6-12)2-5-10(14)13(7-11(15)16)9-3-4-9/h8-9H,2-7,12H2,1H3,(H,15,16). The van der Waals surface area contributed by atoms with Gasteiger partial charge in [0.05, 0.1) is 0 Å². The van der Waals surface area contributed by atoms with E-state index in [0.717, 1.165) is 19.3 Å². The van der Waals surface area contributed by atoms with Gasteiger partial charge >= 0.3 is 5.97 Å². The van der Waals surface area contributed by atoms with E-state index < -0.39 is 5.97 Å². The second-order valence-electron chi connectivity index (χ2n) is 4.53. The van der Waals surface area contributed by atoms with E-state index in [1.807, 2.05) is 6.92 Å². The van der Waals surface area contributed by atoms with Crippen LogP contribution in [0.3, 0.4) is 0 Å². The largest absolute Gasteiger partial charge is 0.480 e. The van der Waals surface area contributed by atoms with Crippen molar-refractivity contribution in [3.8, 4) is 0 Å². The summed E-state index contributed by atoms with van der Waals surface area (Å²) in [4.78, 5) is 23.9. The molecule has 0 aromatic rings. The van der Waals surface area contributed by atoms with Gasteiger partial charge in [0.2, 0.25) is 5.91 Å². The molecule has 0 aromatic carbocycles. The van der Waals surface area contributed by atoms with Crippen LogP contribution in [0, 0.1) is 5.92 Å². The second kappa shape index (κ2) is 5.84. The predicted molar refractivity (Wildman–Crippen MR) is 59.8 cm³/mol. The Balaban J connectivity index is 2.38. The van der Waals surface area contributed by atoms with Crippen LogP contribution in [0.4, 0.5) is 0 Å². The van der Waals surface area contributed by atoms with E-state index in [0.29, 0.717) is 18.9 Å². The highest BCUT2D eigenvalue weighted by molar-refractivity contribution is 5.81. The Morgan fingerprint density at radius 1 is 1.50 bits per heavy atom. The van der Waals surface area contributed by atoms with E-state index >= 15 is 0 Å². The summed E-state index contributed by atoms with van der Waals surface area (Å²) >= 11 is 0. The number of hydrogen-bond donors (Lipinski definition) is 2. The molecule has 16 heavy (non-hydrogen) atoms. The van der Waals surface area contributed by atoms with Crippen molar-refractivity contribution < 1.29 is 14.7 Å². The summed E-state index contributed by atoms with van der Waals surface area (Å²) in [6.07, 6.45) is 3.01. The minimum Gasteiger partial charge on any atom is -0.480 e. The zero-order chi connectivity index (χ0) is 12.1. The van der Waals surface area contributed by atoms with Crippen molar-refractivity contribution in [2.45, 2.75) is 38.6 Å². The van der Waals surface area contributed by atoms with Gasteiger partial charge in [0.15, 0.2) is 0 Å². The molecule has 3 N–H and O–H groups in total. The van der Waals surface area contributed by atoms with Crippen molar-refractivity contribution in [2.75, 3.05) is 13.1 Å². The maximum atomic E-state index is 11.8. The Labute approximate surface area is 95.6 Å². The summed E-state index contributed by atoms with van der Waals surface area (Å²) in [5, 5.41) is 8.72. The van der Waals surface area contributed by atoms with Crippen LogP contribution in [0.1, 0.15) is 32.6 Å². The number of carbonyl (C=O) groups is 2. The van der Waals surface area contributed by atoms with Gasteiger partial charge < -0.3 is 15.7 Å². The molecule has 0 spiro atoms. The number of nitrogens with two attached hydrogens (primary N) is 1. The molecule has 0 heterocycles. The molecule has 0 saturated heterocycles. The fourth-order valence-electron chi connectivity index (χ4n) is 1.58. The molecule has 1 saturated carbocycles. The van der Waals surface area contributed by atoms with Gasteiger partial charge in [-0.3, -0.25) is 9.59 Å². The first-order valence-electron chi connectivity index (χ1n) is 5.76. The fourth-order valence-corrected chi connectivity index (χ4v) is 1.58. The second-order valence-corrected chi connectivity index (χ2v) is 4.53. The zero-order valence-electron chi connectivity index (χ0n) is 9.69. The fraction of sp³-hybridized carbons (Fsp3) is 0.818. The van der Waals surface area contributed by atoms with Gasteiger partial charge in [-0.2, -0.15) is 0 Å². The average Bonchev–Trinajstić information content (AvgIpc) is 3.05. The van der Waals surface area contributed by atoms with Crippen LogP contribution in [0.5, 0.6) is 0 Å². The summed E-state index contributed by atoms with van der Waals surface area (Å²) in [6.45, 7) is 2.39. The Kier molecular flexibility index (Phi) is 4.73. The summed E-state index contributed by atoms with van der Waals surface area (Å²) < 4.78 is 0. The molecule has 0 bridgehead atoms. The van der Waals surface area contributed by atoms with E-state index in [1.165, 1.54) is 4.90 Å². The van der Waals surface area contributed by atoms with Crippen molar-refractivity contribution >= 4 is 11.9 Å². The lowest BCUT2D eigenvalue weighted by molar-refractivity contribution is -0.145. The molecule has 1 aliphatic rings. The highest BCUT2D eigenvalue weighted by atomic mass is 16.4. The molecule has 5 heteroatoms.